The lowest BCUT2D eigenvalue weighted by atomic mass is 10.2. The molecule has 4 heteroatoms. The molecule has 0 bridgehead atoms. The van der Waals surface area contributed by atoms with Gasteiger partial charge in [0.25, 0.3) is 0 Å². The molecule has 88 valence electrons. The molecular weight excluding hydrogens is 224 g/mol. The number of ether oxygens (including phenoxy) is 1. The van der Waals surface area contributed by atoms with Crippen LogP contribution in [0.3, 0.4) is 0 Å². The molecule has 1 atom stereocenters. The summed E-state index contributed by atoms with van der Waals surface area (Å²) in [5.41, 5.74) is 3.88. The van der Waals surface area contributed by atoms with E-state index in [2.05, 4.69) is 5.43 Å². The summed E-state index contributed by atoms with van der Waals surface area (Å²) in [4.78, 5) is 0. The zero-order valence-corrected chi connectivity index (χ0v) is 10.3. The first-order valence-electron chi connectivity index (χ1n) is 5.11. The van der Waals surface area contributed by atoms with Crippen LogP contribution in [0.1, 0.15) is 13.8 Å². The van der Waals surface area contributed by atoms with Crippen molar-refractivity contribution in [1.82, 2.24) is 5.43 Å². The number of hydrazine groups is 1. The molecule has 0 aliphatic heterocycles. The number of hydrogen-bond acceptors (Lipinski definition) is 3. The minimum atomic E-state index is 0.00369. The number of rotatable bonds is 5. The highest BCUT2D eigenvalue weighted by Crippen LogP contribution is 2.17. The third-order valence-corrected chi connectivity index (χ3v) is 2.21. The third kappa shape index (κ3) is 4.66. The molecule has 0 amide bonds. The molecular formula is C12H17ClN2O. The molecule has 0 aromatic heterocycles. The van der Waals surface area contributed by atoms with Crippen LogP contribution < -0.4 is 16.0 Å². The van der Waals surface area contributed by atoms with E-state index in [0.717, 1.165) is 5.75 Å². The second-order valence-electron chi connectivity index (χ2n) is 3.79. The minimum absolute atomic E-state index is 0.00369. The lowest BCUT2D eigenvalue weighted by Crippen LogP contribution is -2.38. The summed E-state index contributed by atoms with van der Waals surface area (Å²) < 4.78 is 5.57. The maximum atomic E-state index is 5.85. The highest BCUT2D eigenvalue weighted by molar-refractivity contribution is 6.30. The minimum Gasteiger partial charge on any atom is -0.492 e. The van der Waals surface area contributed by atoms with Crippen molar-refractivity contribution in [3.05, 3.63) is 40.9 Å². The molecule has 3 N–H and O–H groups in total. The molecule has 0 aliphatic rings. The van der Waals surface area contributed by atoms with Crippen LogP contribution in [0.15, 0.2) is 35.9 Å². The van der Waals surface area contributed by atoms with Gasteiger partial charge in [0.05, 0.1) is 6.04 Å². The number of halogens is 1. The molecule has 1 aromatic rings. The molecule has 16 heavy (non-hydrogen) atoms. The highest BCUT2D eigenvalue weighted by atomic mass is 35.5. The van der Waals surface area contributed by atoms with E-state index in [0.29, 0.717) is 11.6 Å². The Bertz CT molecular complexity index is 362. The van der Waals surface area contributed by atoms with E-state index >= 15 is 0 Å². The fourth-order valence-electron chi connectivity index (χ4n) is 1.29. The van der Waals surface area contributed by atoms with E-state index in [1.165, 1.54) is 5.57 Å². The van der Waals surface area contributed by atoms with Gasteiger partial charge in [-0.1, -0.05) is 29.3 Å². The van der Waals surface area contributed by atoms with Gasteiger partial charge in [-0.15, -0.1) is 0 Å². The molecule has 0 radical (unpaired) electrons. The van der Waals surface area contributed by atoms with Gasteiger partial charge in [-0.05, 0) is 32.0 Å². The Labute approximate surface area is 101 Å². The van der Waals surface area contributed by atoms with E-state index in [4.69, 9.17) is 22.2 Å². The quantitative estimate of drug-likeness (QED) is 0.472. The first-order valence-corrected chi connectivity index (χ1v) is 5.49. The molecule has 1 aromatic carbocycles. The van der Waals surface area contributed by atoms with Crippen molar-refractivity contribution < 1.29 is 4.74 Å². The van der Waals surface area contributed by atoms with Crippen LogP contribution in [0, 0.1) is 0 Å². The second-order valence-corrected chi connectivity index (χ2v) is 4.22. The van der Waals surface area contributed by atoms with Crippen LogP contribution in [0.5, 0.6) is 5.75 Å². The van der Waals surface area contributed by atoms with Crippen LogP contribution in [0.2, 0.25) is 5.02 Å². The van der Waals surface area contributed by atoms with Crippen LogP contribution in [0.25, 0.3) is 0 Å². The molecule has 0 saturated heterocycles. The first kappa shape index (κ1) is 13.0. The number of nitrogens with one attached hydrogen (secondary N) is 1. The van der Waals surface area contributed by atoms with Gasteiger partial charge in [0.15, 0.2) is 0 Å². The monoisotopic (exact) mass is 240 g/mol. The van der Waals surface area contributed by atoms with Crippen molar-refractivity contribution in [2.24, 2.45) is 5.84 Å². The van der Waals surface area contributed by atoms with Crippen molar-refractivity contribution in [2.45, 2.75) is 19.9 Å². The number of benzene rings is 1. The third-order valence-electron chi connectivity index (χ3n) is 1.97. The van der Waals surface area contributed by atoms with Gasteiger partial charge in [0.2, 0.25) is 0 Å². The average Bonchev–Trinajstić information content (AvgIpc) is 2.24. The predicted octanol–water partition coefficient (Wildman–Crippen LogP) is 2.52. The van der Waals surface area contributed by atoms with Crippen molar-refractivity contribution >= 4 is 11.6 Å². The van der Waals surface area contributed by atoms with E-state index in [9.17, 15) is 0 Å². The standard InChI is InChI=1S/C12H17ClN2O/c1-9(2)6-11(15-14)8-16-12-5-3-4-10(13)7-12/h3-7,11,15H,8,14H2,1-2H3. The number of allylic oxidation sites excluding steroid dienone is 1. The summed E-state index contributed by atoms with van der Waals surface area (Å²) in [5, 5.41) is 0.664. The normalized spacial score (nSPS) is 12.0. The fourth-order valence-corrected chi connectivity index (χ4v) is 1.47. The van der Waals surface area contributed by atoms with E-state index in [1.807, 2.05) is 38.1 Å². The van der Waals surface area contributed by atoms with E-state index < -0.39 is 0 Å². The van der Waals surface area contributed by atoms with E-state index in [-0.39, 0.29) is 6.04 Å². The molecule has 0 aliphatic carbocycles. The predicted molar refractivity (Wildman–Crippen MR) is 67.5 cm³/mol. The molecule has 0 spiro atoms. The van der Waals surface area contributed by atoms with Crippen molar-refractivity contribution in [3.8, 4) is 5.75 Å². The van der Waals surface area contributed by atoms with Crippen LogP contribution >= 0.6 is 11.6 Å². The highest BCUT2D eigenvalue weighted by Gasteiger charge is 2.03. The molecule has 3 nitrogen and oxygen atoms in total. The topological polar surface area (TPSA) is 47.3 Å². The molecule has 0 saturated carbocycles. The van der Waals surface area contributed by atoms with Gasteiger partial charge in [-0.25, -0.2) is 0 Å². The van der Waals surface area contributed by atoms with Crippen molar-refractivity contribution in [3.63, 3.8) is 0 Å². The lowest BCUT2D eigenvalue weighted by molar-refractivity contribution is 0.287. The zero-order valence-electron chi connectivity index (χ0n) is 9.53. The summed E-state index contributed by atoms with van der Waals surface area (Å²) in [6, 6.07) is 7.30. The largest absolute Gasteiger partial charge is 0.492 e. The van der Waals surface area contributed by atoms with Crippen LogP contribution in [0.4, 0.5) is 0 Å². The molecule has 1 rings (SSSR count). The number of nitrogens with two attached hydrogens (primary N) is 1. The Morgan fingerprint density at radius 2 is 2.31 bits per heavy atom. The van der Waals surface area contributed by atoms with Crippen molar-refractivity contribution in [1.29, 1.82) is 0 Å². The Morgan fingerprint density at radius 1 is 1.56 bits per heavy atom. The maximum absolute atomic E-state index is 5.85. The Morgan fingerprint density at radius 3 is 2.88 bits per heavy atom. The van der Waals surface area contributed by atoms with Gasteiger partial charge in [-0.3, -0.25) is 11.3 Å². The van der Waals surface area contributed by atoms with Gasteiger partial charge < -0.3 is 4.74 Å². The SMILES string of the molecule is CC(C)=CC(COc1cccc(Cl)c1)NN. The Hall–Kier alpha value is -1.03. The summed E-state index contributed by atoms with van der Waals surface area (Å²) in [6.07, 6.45) is 2.02. The van der Waals surface area contributed by atoms with Crippen LogP contribution in [-0.4, -0.2) is 12.6 Å². The smallest absolute Gasteiger partial charge is 0.120 e. The van der Waals surface area contributed by atoms with Gasteiger partial charge >= 0.3 is 0 Å². The molecule has 1 unspecified atom stereocenters. The van der Waals surface area contributed by atoms with Crippen LogP contribution in [-0.2, 0) is 0 Å². The second kappa shape index (κ2) is 6.53. The first-order chi connectivity index (χ1) is 7.61. The van der Waals surface area contributed by atoms with Crippen molar-refractivity contribution in [2.75, 3.05) is 6.61 Å². The van der Waals surface area contributed by atoms with Gasteiger partial charge in [0.1, 0.15) is 12.4 Å². The summed E-state index contributed by atoms with van der Waals surface area (Å²) in [6.45, 7) is 4.51. The maximum Gasteiger partial charge on any atom is 0.120 e. The summed E-state index contributed by atoms with van der Waals surface area (Å²) in [7, 11) is 0. The Kier molecular flexibility index (Phi) is 5.32. The Balaban J connectivity index is 2.53. The zero-order chi connectivity index (χ0) is 12.0. The fraction of sp³-hybridized carbons (Fsp3) is 0.333. The molecule has 0 fully saturated rings. The van der Waals surface area contributed by atoms with Gasteiger partial charge in [0, 0.05) is 5.02 Å². The lowest BCUT2D eigenvalue weighted by Gasteiger charge is -2.13. The molecule has 0 heterocycles. The van der Waals surface area contributed by atoms with Gasteiger partial charge in [-0.2, -0.15) is 0 Å². The average molecular weight is 241 g/mol. The number of hydrogen-bond donors (Lipinski definition) is 2. The van der Waals surface area contributed by atoms with E-state index in [1.54, 1.807) is 6.07 Å². The summed E-state index contributed by atoms with van der Waals surface area (Å²) >= 11 is 5.85. The summed E-state index contributed by atoms with van der Waals surface area (Å²) in [5.74, 6) is 6.16.